The second kappa shape index (κ2) is 10.7. The van der Waals surface area contributed by atoms with Crippen LogP contribution in [0.25, 0.3) is 0 Å². The Morgan fingerprint density at radius 2 is 1.86 bits per heavy atom. The molecule has 154 valence electrons. The van der Waals surface area contributed by atoms with E-state index in [-0.39, 0.29) is 11.8 Å². The number of nitrogens with one attached hydrogen (secondary N) is 2. The molecule has 1 aliphatic rings. The summed E-state index contributed by atoms with van der Waals surface area (Å²) in [5, 5.41) is 6.42. The molecule has 0 unspecified atom stereocenters. The zero-order valence-corrected chi connectivity index (χ0v) is 18.2. The largest absolute Gasteiger partial charge is 0.355 e. The molecule has 0 aliphatic heterocycles. The number of halogens is 1. The predicted octanol–water partition coefficient (Wildman–Crippen LogP) is 5.69. The number of thioether (sulfide) groups is 1. The van der Waals surface area contributed by atoms with E-state index in [1.807, 2.05) is 37.3 Å². The number of carbonyl (C=O) groups is 2. The molecule has 3 rings (SSSR count). The van der Waals surface area contributed by atoms with E-state index in [4.69, 9.17) is 11.6 Å². The molecule has 6 heteroatoms. The Morgan fingerprint density at radius 3 is 2.62 bits per heavy atom. The molecule has 0 heterocycles. The highest BCUT2D eigenvalue weighted by Crippen LogP contribution is 2.27. The molecule has 0 atom stereocenters. The minimum Gasteiger partial charge on any atom is -0.355 e. The third-order valence-electron chi connectivity index (χ3n) is 5.18. The van der Waals surface area contributed by atoms with Crippen molar-refractivity contribution in [2.24, 2.45) is 5.92 Å². The standard InChI is InChI=1S/C23H27ClN2O2S/c1-16-11-12-20(19(24)13-16)26-23(28)18-9-5-6-10-21(18)29-15-22(27)25-14-17-7-3-2-4-8-17/h5-6,9-13,17H,2-4,7-8,14-15H2,1H3,(H,25,27)(H,26,28). The summed E-state index contributed by atoms with van der Waals surface area (Å²) in [7, 11) is 0. The van der Waals surface area contributed by atoms with E-state index in [1.165, 1.54) is 43.9 Å². The molecular formula is C23H27ClN2O2S. The maximum atomic E-state index is 12.8. The topological polar surface area (TPSA) is 58.2 Å². The monoisotopic (exact) mass is 430 g/mol. The fourth-order valence-electron chi connectivity index (χ4n) is 3.54. The second-order valence-electron chi connectivity index (χ2n) is 7.53. The van der Waals surface area contributed by atoms with E-state index in [0.717, 1.165) is 17.0 Å². The van der Waals surface area contributed by atoms with Crippen molar-refractivity contribution in [3.8, 4) is 0 Å². The summed E-state index contributed by atoms with van der Waals surface area (Å²) in [5.41, 5.74) is 2.14. The lowest BCUT2D eigenvalue weighted by Crippen LogP contribution is -2.31. The lowest BCUT2D eigenvalue weighted by molar-refractivity contribution is -0.118. The quantitative estimate of drug-likeness (QED) is 0.555. The summed E-state index contributed by atoms with van der Waals surface area (Å²) >= 11 is 7.61. The van der Waals surface area contributed by atoms with Gasteiger partial charge in [-0.3, -0.25) is 9.59 Å². The Labute approximate surface area is 181 Å². The lowest BCUT2D eigenvalue weighted by atomic mass is 9.89. The number of benzene rings is 2. The third-order valence-corrected chi connectivity index (χ3v) is 6.56. The van der Waals surface area contributed by atoms with Gasteiger partial charge in [0.25, 0.3) is 5.91 Å². The van der Waals surface area contributed by atoms with E-state index in [9.17, 15) is 9.59 Å². The maximum absolute atomic E-state index is 12.8. The van der Waals surface area contributed by atoms with Gasteiger partial charge in [-0.1, -0.05) is 49.1 Å². The molecule has 2 N–H and O–H groups in total. The normalized spacial score (nSPS) is 14.4. The second-order valence-corrected chi connectivity index (χ2v) is 8.95. The van der Waals surface area contributed by atoms with Crippen molar-refractivity contribution < 1.29 is 9.59 Å². The molecule has 1 aliphatic carbocycles. The number of hydrogen-bond acceptors (Lipinski definition) is 3. The number of amides is 2. The van der Waals surface area contributed by atoms with Crippen LogP contribution in [0.1, 0.15) is 48.0 Å². The van der Waals surface area contributed by atoms with Crippen LogP contribution in [0.15, 0.2) is 47.4 Å². The summed E-state index contributed by atoms with van der Waals surface area (Å²) in [5.74, 6) is 0.677. The Bertz CT molecular complexity index is 866. The van der Waals surface area contributed by atoms with Crippen molar-refractivity contribution in [1.29, 1.82) is 0 Å². The van der Waals surface area contributed by atoms with Crippen LogP contribution < -0.4 is 10.6 Å². The summed E-state index contributed by atoms with van der Waals surface area (Å²) in [6, 6.07) is 12.8. The summed E-state index contributed by atoms with van der Waals surface area (Å²) < 4.78 is 0. The Morgan fingerprint density at radius 1 is 1.10 bits per heavy atom. The van der Waals surface area contributed by atoms with Gasteiger partial charge in [-0.15, -0.1) is 11.8 Å². The van der Waals surface area contributed by atoms with E-state index in [2.05, 4.69) is 10.6 Å². The van der Waals surface area contributed by atoms with Crippen molar-refractivity contribution in [1.82, 2.24) is 5.32 Å². The number of hydrogen-bond donors (Lipinski definition) is 2. The number of anilines is 1. The number of aryl methyl sites for hydroxylation is 1. The van der Waals surface area contributed by atoms with E-state index >= 15 is 0 Å². The van der Waals surface area contributed by atoms with Gasteiger partial charge in [0.1, 0.15) is 0 Å². The first kappa shape index (κ1) is 21.7. The van der Waals surface area contributed by atoms with Gasteiger partial charge in [0.15, 0.2) is 0 Å². The van der Waals surface area contributed by atoms with Crippen molar-refractivity contribution in [3.05, 3.63) is 58.6 Å². The van der Waals surface area contributed by atoms with Gasteiger partial charge in [0.05, 0.1) is 22.0 Å². The average molecular weight is 431 g/mol. The van der Waals surface area contributed by atoms with Crippen LogP contribution in [-0.4, -0.2) is 24.1 Å². The molecule has 2 amide bonds. The van der Waals surface area contributed by atoms with Gasteiger partial charge in [-0.2, -0.15) is 0 Å². The Balaban J connectivity index is 1.56. The molecule has 1 saturated carbocycles. The van der Waals surface area contributed by atoms with Crippen molar-refractivity contribution in [2.75, 3.05) is 17.6 Å². The lowest BCUT2D eigenvalue weighted by Gasteiger charge is -2.21. The molecule has 29 heavy (non-hydrogen) atoms. The highest BCUT2D eigenvalue weighted by molar-refractivity contribution is 8.00. The van der Waals surface area contributed by atoms with Gasteiger partial charge in [-0.25, -0.2) is 0 Å². The molecule has 2 aromatic carbocycles. The Hall–Kier alpha value is -1.98. The highest BCUT2D eigenvalue weighted by Gasteiger charge is 2.16. The minimum absolute atomic E-state index is 0.0114. The molecule has 0 bridgehead atoms. The van der Waals surface area contributed by atoms with Crippen molar-refractivity contribution in [3.63, 3.8) is 0 Å². The summed E-state index contributed by atoms with van der Waals surface area (Å²) in [6.07, 6.45) is 6.26. The molecule has 0 saturated heterocycles. The van der Waals surface area contributed by atoms with Crippen LogP contribution >= 0.6 is 23.4 Å². The molecular weight excluding hydrogens is 404 g/mol. The molecule has 2 aromatic rings. The fourth-order valence-corrected chi connectivity index (χ4v) is 4.70. The zero-order chi connectivity index (χ0) is 20.6. The summed E-state index contributed by atoms with van der Waals surface area (Å²) in [4.78, 5) is 25.8. The first-order chi connectivity index (χ1) is 14.0. The van der Waals surface area contributed by atoms with Gasteiger partial charge in [0.2, 0.25) is 5.91 Å². The Kier molecular flexibility index (Phi) is 8.01. The van der Waals surface area contributed by atoms with E-state index in [1.54, 1.807) is 12.1 Å². The molecule has 0 radical (unpaired) electrons. The van der Waals surface area contributed by atoms with Crippen molar-refractivity contribution >= 4 is 40.9 Å². The first-order valence-corrected chi connectivity index (χ1v) is 11.5. The number of rotatable bonds is 7. The molecule has 1 fully saturated rings. The molecule has 0 spiro atoms. The molecule has 4 nitrogen and oxygen atoms in total. The highest BCUT2D eigenvalue weighted by atomic mass is 35.5. The van der Waals surface area contributed by atoms with E-state index < -0.39 is 0 Å². The maximum Gasteiger partial charge on any atom is 0.256 e. The van der Waals surface area contributed by atoms with Gasteiger partial charge < -0.3 is 10.6 Å². The third kappa shape index (κ3) is 6.51. The average Bonchev–Trinajstić information content (AvgIpc) is 2.73. The SMILES string of the molecule is Cc1ccc(NC(=O)c2ccccc2SCC(=O)NCC2CCCCC2)c(Cl)c1. The van der Waals surface area contributed by atoms with Gasteiger partial charge >= 0.3 is 0 Å². The number of carbonyl (C=O) groups excluding carboxylic acids is 2. The minimum atomic E-state index is -0.235. The zero-order valence-electron chi connectivity index (χ0n) is 16.7. The van der Waals surface area contributed by atoms with Crippen LogP contribution in [0.5, 0.6) is 0 Å². The van der Waals surface area contributed by atoms with Crippen LogP contribution in [0.3, 0.4) is 0 Å². The van der Waals surface area contributed by atoms with E-state index in [0.29, 0.717) is 27.9 Å². The van der Waals surface area contributed by atoms with Crippen LogP contribution in [-0.2, 0) is 4.79 Å². The van der Waals surface area contributed by atoms with Crippen LogP contribution in [0, 0.1) is 12.8 Å². The van der Waals surface area contributed by atoms with Crippen LogP contribution in [0.2, 0.25) is 5.02 Å². The van der Waals surface area contributed by atoms with Crippen molar-refractivity contribution in [2.45, 2.75) is 43.9 Å². The summed E-state index contributed by atoms with van der Waals surface area (Å²) in [6.45, 7) is 2.70. The smallest absolute Gasteiger partial charge is 0.256 e. The van der Waals surface area contributed by atoms with Crippen LogP contribution in [0.4, 0.5) is 5.69 Å². The van der Waals surface area contributed by atoms with Gasteiger partial charge in [-0.05, 0) is 55.5 Å². The predicted molar refractivity (Wildman–Crippen MR) is 121 cm³/mol. The van der Waals surface area contributed by atoms with Gasteiger partial charge in [0, 0.05) is 11.4 Å². The molecule has 0 aromatic heterocycles. The first-order valence-electron chi connectivity index (χ1n) is 10.1. The fraction of sp³-hybridized carbons (Fsp3) is 0.391.